The molecule has 0 fully saturated rings. The molecule has 7 aromatic rings. The SMILES string of the molecule is N#Cc1cncc(-c2ccc3c(c2)C(c2ccccc2)(c2ccccc2)c2cc(-c4cncc(C#N)c4)c4ccccc4c2-3)c1. The first kappa shape index (κ1) is 26.3. The van der Waals surface area contributed by atoms with Crippen molar-refractivity contribution in [2.45, 2.75) is 5.41 Å². The van der Waals surface area contributed by atoms with Crippen LogP contribution in [0.15, 0.2) is 146 Å². The molecule has 0 unspecified atom stereocenters. The molecule has 0 amide bonds. The van der Waals surface area contributed by atoms with Crippen molar-refractivity contribution < 1.29 is 0 Å². The van der Waals surface area contributed by atoms with Gasteiger partial charge >= 0.3 is 0 Å². The second-order valence-electron chi connectivity index (χ2n) is 11.3. The largest absolute Gasteiger partial charge is 0.263 e. The Kier molecular flexibility index (Phi) is 6.09. The second-order valence-corrected chi connectivity index (χ2v) is 11.3. The van der Waals surface area contributed by atoms with Crippen molar-refractivity contribution in [3.05, 3.63) is 179 Å². The monoisotopic (exact) mass is 572 g/mol. The standard InChI is InChI=1S/C41H24N4/c42-21-27-17-30(25-44-23-27)29-15-16-36-38(19-29)41(32-9-3-1-4-10-32,33-11-5-2-6-12-33)39-20-37(31-18-28(22-43)24-45-26-31)34-13-7-8-14-35(34)40(36)39/h1-20,23-26H. The van der Waals surface area contributed by atoms with Crippen LogP contribution in [-0.2, 0) is 5.41 Å². The molecule has 0 spiro atoms. The van der Waals surface area contributed by atoms with Gasteiger partial charge in [-0.25, -0.2) is 0 Å². The summed E-state index contributed by atoms with van der Waals surface area (Å²) in [4.78, 5) is 8.80. The van der Waals surface area contributed by atoms with Gasteiger partial charge in [0, 0.05) is 35.9 Å². The van der Waals surface area contributed by atoms with Crippen LogP contribution >= 0.6 is 0 Å². The van der Waals surface area contributed by atoms with Gasteiger partial charge in [-0.2, -0.15) is 10.5 Å². The lowest BCUT2D eigenvalue weighted by atomic mass is 9.67. The summed E-state index contributed by atoms with van der Waals surface area (Å²) in [6.07, 6.45) is 6.86. The van der Waals surface area contributed by atoms with E-state index in [0.29, 0.717) is 11.1 Å². The number of rotatable bonds is 4. The Balaban J connectivity index is 1.54. The maximum Gasteiger partial charge on any atom is 0.101 e. The molecule has 0 radical (unpaired) electrons. The Morgan fingerprint density at radius 1 is 0.467 bits per heavy atom. The van der Waals surface area contributed by atoms with E-state index in [1.54, 1.807) is 12.4 Å². The highest BCUT2D eigenvalue weighted by Crippen LogP contribution is 2.59. The fraction of sp³-hybridized carbons (Fsp3) is 0.0244. The average molecular weight is 573 g/mol. The van der Waals surface area contributed by atoms with E-state index >= 15 is 0 Å². The fourth-order valence-corrected chi connectivity index (χ4v) is 7.07. The quantitative estimate of drug-likeness (QED) is 0.211. The Labute approximate surface area is 261 Å². The molecule has 0 N–H and O–H groups in total. The molecule has 2 aromatic heterocycles. The zero-order valence-electron chi connectivity index (χ0n) is 24.1. The van der Waals surface area contributed by atoms with Gasteiger partial charge in [-0.3, -0.25) is 9.97 Å². The first-order chi connectivity index (χ1) is 22.2. The number of hydrogen-bond donors (Lipinski definition) is 0. The van der Waals surface area contributed by atoms with E-state index < -0.39 is 5.41 Å². The summed E-state index contributed by atoms with van der Waals surface area (Å²) in [5.74, 6) is 0. The molecule has 45 heavy (non-hydrogen) atoms. The smallest absolute Gasteiger partial charge is 0.101 e. The molecule has 0 bridgehead atoms. The zero-order chi connectivity index (χ0) is 30.4. The molecule has 2 heterocycles. The molecule has 4 nitrogen and oxygen atoms in total. The van der Waals surface area contributed by atoms with Crippen molar-refractivity contribution in [3.8, 4) is 45.5 Å². The highest BCUT2D eigenvalue weighted by Gasteiger charge is 2.47. The highest BCUT2D eigenvalue weighted by atomic mass is 14.6. The fourth-order valence-electron chi connectivity index (χ4n) is 7.07. The van der Waals surface area contributed by atoms with E-state index in [2.05, 4.69) is 131 Å². The molecule has 8 rings (SSSR count). The maximum absolute atomic E-state index is 9.72. The zero-order valence-corrected chi connectivity index (χ0v) is 24.1. The van der Waals surface area contributed by atoms with Crippen molar-refractivity contribution in [2.24, 2.45) is 0 Å². The predicted molar refractivity (Wildman–Crippen MR) is 177 cm³/mol. The Hall–Kier alpha value is -6.36. The van der Waals surface area contributed by atoms with Crippen molar-refractivity contribution in [1.82, 2.24) is 9.97 Å². The summed E-state index contributed by atoms with van der Waals surface area (Å²) >= 11 is 0. The third kappa shape index (κ3) is 3.98. The molecule has 0 saturated carbocycles. The first-order valence-electron chi connectivity index (χ1n) is 14.8. The topological polar surface area (TPSA) is 73.4 Å². The van der Waals surface area contributed by atoms with Crippen LogP contribution in [0.2, 0.25) is 0 Å². The van der Waals surface area contributed by atoms with Crippen LogP contribution in [0, 0.1) is 22.7 Å². The normalized spacial score (nSPS) is 12.6. The number of pyridine rings is 2. The van der Waals surface area contributed by atoms with Gasteiger partial charge in [0.15, 0.2) is 0 Å². The molecule has 5 aromatic carbocycles. The summed E-state index contributed by atoms with van der Waals surface area (Å²) < 4.78 is 0. The van der Waals surface area contributed by atoms with Crippen LogP contribution in [0.4, 0.5) is 0 Å². The van der Waals surface area contributed by atoms with Gasteiger partial charge in [-0.05, 0) is 79.5 Å². The summed E-state index contributed by atoms with van der Waals surface area (Å²) in [6.45, 7) is 0. The van der Waals surface area contributed by atoms with Crippen LogP contribution in [0.3, 0.4) is 0 Å². The van der Waals surface area contributed by atoms with Gasteiger partial charge in [-0.1, -0.05) is 97.1 Å². The van der Waals surface area contributed by atoms with Gasteiger partial charge in [0.25, 0.3) is 0 Å². The van der Waals surface area contributed by atoms with Gasteiger partial charge in [0.2, 0.25) is 0 Å². The molecule has 208 valence electrons. The number of fused-ring (bicyclic) bond motifs is 5. The van der Waals surface area contributed by atoms with E-state index in [9.17, 15) is 10.5 Å². The van der Waals surface area contributed by atoms with Crippen molar-refractivity contribution in [3.63, 3.8) is 0 Å². The van der Waals surface area contributed by atoms with Crippen LogP contribution < -0.4 is 0 Å². The van der Waals surface area contributed by atoms with Crippen molar-refractivity contribution in [2.75, 3.05) is 0 Å². The van der Waals surface area contributed by atoms with Crippen LogP contribution in [0.1, 0.15) is 33.4 Å². The van der Waals surface area contributed by atoms with E-state index in [1.165, 1.54) is 16.7 Å². The number of nitrogens with zero attached hydrogens (tertiary/aromatic N) is 4. The lowest BCUT2D eigenvalue weighted by molar-refractivity contribution is 0.769. The molecule has 1 aliphatic carbocycles. The summed E-state index contributed by atoms with van der Waals surface area (Å²) in [7, 11) is 0. The van der Waals surface area contributed by atoms with E-state index in [4.69, 9.17) is 0 Å². The highest BCUT2D eigenvalue weighted by molar-refractivity contribution is 6.10. The molecular weight excluding hydrogens is 548 g/mol. The minimum atomic E-state index is -0.650. The van der Waals surface area contributed by atoms with Crippen molar-refractivity contribution >= 4 is 10.8 Å². The van der Waals surface area contributed by atoms with E-state index in [1.807, 2.05) is 24.5 Å². The average Bonchev–Trinajstić information content (AvgIpc) is 3.42. The summed E-state index contributed by atoms with van der Waals surface area (Å²) in [5, 5.41) is 21.6. The molecule has 1 aliphatic rings. The lowest BCUT2D eigenvalue weighted by Crippen LogP contribution is -2.28. The van der Waals surface area contributed by atoms with Crippen LogP contribution in [0.25, 0.3) is 44.2 Å². The minimum absolute atomic E-state index is 0.524. The van der Waals surface area contributed by atoms with Gasteiger partial charge < -0.3 is 0 Å². The second kappa shape index (κ2) is 10.4. The predicted octanol–water partition coefficient (Wildman–Crippen LogP) is 9.07. The number of nitriles is 2. The third-order valence-corrected chi connectivity index (χ3v) is 8.93. The van der Waals surface area contributed by atoms with Crippen LogP contribution in [0.5, 0.6) is 0 Å². The number of hydrogen-bond acceptors (Lipinski definition) is 4. The Morgan fingerprint density at radius 3 is 1.69 bits per heavy atom. The van der Waals surface area contributed by atoms with Crippen molar-refractivity contribution in [1.29, 1.82) is 10.5 Å². The third-order valence-electron chi connectivity index (χ3n) is 8.93. The van der Waals surface area contributed by atoms with Gasteiger partial charge in [0.05, 0.1) is 16.5 Å². The van der Waals surface area contributed by atoms with E-state index in [0.717, 1.165) is 49.7 Å². The maximum atomic E-state index is 9.72. The van der Waals surface area contributed by atoms with Gasteiger partial charge in [-0.15, -0.1) is 0 Å². The Bertz CT molecular complexity index is 2310. The Morgan fingerprint density at radius 2 is 1.04 bits per heavy atom. The number of benzene rings is 5. The van der Waals surface area contributed by atoms with E-state index in [-0.39, 0.29) is 0 Å². The molecular formula is C41H24N4. The number of aromatic nitrogens is 2. The molecule has 0 saturated heterocycles. The lowest BCUT2D eigenvalue weighted by Gasteiger charge is -2.34. The van der Waals surface area contributed by atoms with Gasteiger partial charge in [0.1, 0.15) is 12.1 Å². The molecule has 4 heteroatoms. The summed E-state index contributed by atoms with van der Waals surface area (Å²) in [6, 6.07) is 47.1. The molecule has 0 aliphatic heterocycles. The molecule has 0 atom stereocenters. The minimum Gasteiger partial charge on any atom is -0.263 e. The van der Waals surface area contributed by atoms with Crippen LogP contribution in [-0.4, -0.2) is 9.97 Å². The summed E-state index contributed by atoms with van der Waals surface area (Å²) in [5.41, 5.74) is 11.2. The first-order valence-corrected chi connectivity index (χ1v) is 14.8.